The SMILES string of the molecule is Cc1sc2nc(-c3cccs3)nc(NCc3coc(-c4cccs4)n3)c2c1C. The molecule has 0 unspecified atom stereocenters. The number of nitrogens with zero attached hydrogens (tertiary/aromatic N) is 3. The summed E-state index contributed by atoms with van der Waals surface area (Å²) in [7, 11) is 0. The lowest BCUT2D eigenvalue weighted by atomic mass is 10.2. The predicted octanol–water partition coefficient (Wildman–Crippen LogP) is 6.37. The summed E-state index contributed by atoms with van der Waals surface area (Å²) in [6, 6.07) is 8.07. The molecule has 28 heavy (non-hydrogen) atoms. The fraction of sp³-hybridized carbons (Fsp3) is 0.150. The van der Waals surface area contributed by atoms with Gasteiger partial charge in [0.2, 0.25) is 5.89 Å². The van der Waals surface area contributed by atoms with Gasteiger partial charge in [-0.2, -0.15) is 0 Å². The molecule has 0 saturated carbocycles. The molecule has 0 aliphatic carbocycles. The van der Waals surface area contributed by atoms with Gasteiger partial charge in [-0.25, -0.2) is 15.0 Å². The van der Waals surface area contributed by atoms with Crippen LogP contribution in [0.5, 0.6) is 0 Å². The van der Waals surface area contributed by atoms with Gasteiger partial charge < -0.3 is 9.73 Å². The van der Waals surface area contributed by atoms with Gasteiger partial charge in [0.05, 0.1) is 27.4 Å². The van der Waals surface area contributed by atoms with Gasteiger partial charge in [0.1, 0.15) is 16.9 Å². The van der Waals surface area contributed by atoms with E-state index in [-0.39, 0.29) is 0 Å². The van der Waals surface area contributed by atoms with Gasteiger partial charge in [0.25, 0.3) is 0 Å². The quantitative estimate of drug-likeness (QED) is 0.355. The van der Waals surface area contributed by atoms with E-state index in [0.29, 0.717) is 12.4 Å². The number of anilines is 1. The van der Waals surface area contributed by atoms with Crippen LogP contribution in [0.1, 0.15) is 16.1 Å². The van der Waals surface area contributed by atoms with Crippen molar-refractivity contribution in [1.29, 1.82) is 0 Å². The second-order valence-electron chi connectivity index (χ2n) is 6.31. The van der Waals surface area contributed by atoms with Crippen molar-refractivity contribution < 1.29 is 4.42 Å². The van der Waals surface area contributed by atoms with Crippen LogP contribution in [0.2, 0.25) is 0 Å². The van der Waals surface area contributed by atoms with Gasteiger partial charge in [-0.3, -0.25) is 0 Å². The van der Waals surface area contributed by atoms with Crippen molar-refractivity contribution in [3.8, 4) is 21.5 Å². The molecule has 0 aromatic carbocycles. The fourth-order valence-electron chi connectivity index (χ4n) is 2.97. The van der Waals surface area contributed by atoms with E-state index in [1.165, 1.54) is 10.4 Å². The number of hydrogen-bond acceptors (Lipinski definition) is 8. The first kappa shape index (κ1) is 17.5. The summed E-state index contributed by atoms with van der Waals surface area (Å²) in [4.78, 5) is 18.6. The third-order valence-corrected chi connectivity index (χ3v) is 7.32. The molecular weight excluding hydrogens is 408 g/mol. The molecule has 0 aliphatic heterocycles. The third-order valence-electron chi connectivity index (χ3n) is 4.49. The molecule has 140 valence electrons. The zero-order valence-electron chi connectivity index (χ0n) is 15.2. The van der Waals surface area contributed by atoms with E-state index in [2.05, 4.69) is 24.1 Å². The van der Waals surface area contributed by atoms with Gasteiger partial charge >= 0.3 is 0 Å². The Kier molecular flexibility index (Phi) is 4.46. The van der Waals surface area contributed by atoms with Crippen molar-refractivity contribution in [2.45, 2.75) is 20.4 Å². The minimum Gasteiger partial charge on any atom is -0.443 e. The Balaban J connectivity index is 1.49. The van der Waals surface area contributed by atoms with Gasteiger partial charge in [-0.15, -0.1) is 34.0 Å². The smallest absolute Gasteiger partial charge is 0.236 e. The Morgan fingerprint density at radius 2 is 1.79 bits per heavy atom. The maximum absolute atomic E-state index is 5.63. The molecule has 0 saturated heterocycles. The van der Waals surface area contributed by atoms with Gasteiger partial charge in [-0.1, -0.05) is 12.1 Å². The lowest BCUT2D eigenvalue weighted by molar-refractivity contribution is 0.574. The Morgan fingerprint density at radius 1 is 1.00 bits per heavy atom. The normalized spacial score (nSPS) is 11.4. The Bertz CT molecular complexity index is 1240. The molecular formula is C20H16N4OS3. The largest absolute Gasteiger partial charge is 0.443 e. The van der Waals surface area contributed by atoms with Gasteiger partial charge in [0, 0.05) is 4.88 Å². The highest BCUT2D eigenvalue weighted by Crippen LogP contribution is 2.36. The van der Waals surface area contributed by atoms with Crippen molar-refractivity contribution in [2.75, 3.05) is 5.32 Å². The standard InChI is InChI=1S/C20H16N4OS3/c1-11-12(2)28-20-16(11)18(23-17(24-20)14-5-3-7-26-14)21-9-13-10-25-19(22-13)15-6-4-8-27-15/h3-8,10H,9H2,1-2H3,(H,21,23,24). The molecule has 0 amide bonds. The van der Waals surface area contributed by atoms with Crippen LogP contribution in [0.15, 0.2) is 45.7 Å². The summed E-state index contributed by atoms with van der Waals surface area (Å²) in [5.74, 6) is 2.25. The van der Waals surface area contributed by atoms with E-state index in [9.17, 15) is 0 Å². The molecule has 8 heteroatoms. The van der Waals surface area contributed by atoms with Crippen LogP contribution < -0.4 is 5.32 Å². The first-order valence-electron chi connectivity index (χ1n) is 8.73. The van der Waals surface area contributed by atoms with Gasteiger partial charge in [0.15, 0.2) is 5.82 Å². The second-order valence-corrected chi connectivity index (χ2v) is 9.41. The first-order chi connectivity index (χ1) is 13.7. The van der Waals surface area contributed by atoms with E-state index in [1.807, 2.05) is 35.0 Å². The molecule has 0 aliphatic rings. The van der Waals surface area contributed by atoms with Crippen LogP contribution in [-0.4, -0.2) is 15.0 Å². The monoisotopic (exact) mass is 424 g/mol. The molecule has 0 atom stereocenters. The minimum atomic E-state index is 0.541. The maximum atomic E-state index is 5.63. The van der Waals surface area contributed by atoms with Crippen LogP contribution >= 0.6 is 34.0 Å². The molecule has 5 nitrogen and oxygen atoms in total. The van der Waals surface area contributed by atoms with E-state index < -0.39 is 0 Å². The molecule has 0 fully saturated rings. The Hall–Kier alpha value is -2.55. The summed E-state index contributed by atoms with van der Waals surface area (Å²) < 4.78 is 5.63. The zero-order chi connectivity index (χ0) is 19.1. The summed E-state index contributed by atoms with van der Waals surface area (Å²) in [5.41, 5.74) is 2.07. The van der Waals surface area contributed by atoms with Crippen LogP contribution in [-0.2, 0) is 6.54 Å². The number of thiophene rings is 3. The highest BCUT2D eigenvalue weighted by Gasteiger charge is 2.16. The number of aromatic nitrogens is 3. The Morgan fingerprint density at radius 3 is 2.54 bits per heavy atom. The summed E-state index contributed by atoms with van der Waals surface area (Å²) in [6.07, 6.45) is 1.70. The van der Waals surface area contributed by atoms with E-state index in [0.717, 1.165) is 37.3 Å². The van der Waals surface area contributed by atoms with E-state index >= 15 is 0 Å². The van der Waals surface area contributed by atoms with Crippen molar-refractivity contribution in [3.05, 3.63) is 57.4 Å². The van der Waals surface area contributed by atoms with Crippen molar-refractivity contribution in [1.82, 2.24) is 15.0 Å². The van der Waals surface area contributed by atoms with Crippen LogP contribution in [0.3, 0.4) is 0 Å². The second kappa shape index (κ2) is 7.12. The summed E-state index contributed by atoms with van der Waals surface area (Å²) >= 11 is 4.97. The minimum absolute atomic E-state index is 0.541. The number of rotatable bonds is 5. The Labute approximate surface area is 173 Å². The van der Waals surface area contributed by atoms with Crippen LogP contribution in [0.4, 0.5) is 5.82 Å². The first-order valence-corrected chi connectivity index (χ1v) is 11.3. The number of fused-ring (bicyclic) bond motifs is 1. The van der Waals surface area contributed by atoms with Crippen LogP contribution in [0.25, 0.3) is 31.7 Å². The van der Waals surface area contributed by atoms with E-state index in [1.54, 1.807) is 40.3 Å². The predicted molar refractivity (Wildman–Crippen MR) is 117 cm³/mol. The number of nitrogens with one attached hydrogen (secondary N) is 1. The highest BCUT2D eigenvalue weighted by atomic mass is 32.1. The molecule has 1 N–H and O–H groups in total. The molecule has 0 radical (unpaired) electrons. The third kappa shape index (κ3) is 3.13. The number of aryl methyl sites for hydroxylation is 2. The number of oxazole rings is 1. The lowest BCUT2D eigenvalue weighted by Gasteiger charge is -2.08. The average Bonchev–Trinajstić information content (AvgIpc) is 3.48. The molecule has 0 spiro atoms. The molecule has 0 bridgehead atoms. The van der Waals surface area contributed by atoms with Crippen LogP contribution in [0, 0.1) is 13.8 Å². The zero-order valence-corrected chi connectivity index (χ0v) is 17.7. The number of hydrogen-bond donors (Lipinski definition) is 1. The summed E-state index contributed by atoms with van der Waals surface area (Å²) in [5, 5.41) is 8.61. The highest BCUT2D eigenvalue weighted by molar-refractivity contribution is 7.19. The summed E-state index contributed by atoms with van der Waals surface area (Å²) in [6.45, 7) is 4.79. The molecule has 5 heterocycles. The lowest BCUT2D eigenvalue weighted by Crippen LogP contribution is -2.04. The van der Waals surface area contributed by atoms with Crippen molar-refractivity contribution >= 4 is 50.0 Å². The molecule has 5 rings (SSSR count). The average molecular weight is 425 g/mol. The van der Waals surface area contributed by atoms with Crippen molar-refractivity contribution in [3.63, 3.8) is 0 Å². The van der Waals surface area contributed by atoms with Gasteiger partial charge in [-0.05, 0) is 42.3 Å². The van der Waals surface area contributed by atoms with Crippen molar-refractivity contribution in [2.24, 2.45) is 0 Å². The topological polar surface area (TPSA) is 63.8 Å². The van der Waals surface area contributed by atoms with E-state index in [4.69, 9.17) is 14.4 Å². The molecule has 5 aromatic rings. The fourth-order valence-corrected chi connectivity index (χ4v) is 5.31. The molecule has 5 aromatic heterocycles. The maximum Gasteiger partial charge on any atom is 0.236 e.